The fraction of sp³-hybridized carbons (Fsp3) is 0.550. The van der Waals surface area contributed by atoms with Gasteiger partial charge in [0.15, 0.2) is 5.82 Å². The third kappa shape index (κ3) is 2.88. The van der Waals surface area contributed by atoms with Gasteiger partial charge in [-0.1, -0.05) is 15.9 Å². The van der Waals surface area contributed by atoms with Crippen LogP contribution in [-0.2, 0) is 11.3 Å². The maximum absolute atomic E-state index is 13.2. The van der Waals surface area contributed by atoms with Crippen LogP contribution >= 0.6 is 15.9 Å². The lowest BCUT2D eigenvalue weighted by molar-refractivity contribution is -0.138. The van der Waals surface area contributed by atoms with Gasteiger partial charge in [-0.05, 0) is 68.1 Å². The fourth-order valence-corrected chi connectivity index (χ4v) is 7.31. The van der Waals surface area contributed by atoms with Gasteiger partial charge >= 0.3 is 0 Å². The van der Waals surface area contributed by atoms with Crippen molar-refractivity contribution in [3.05, 3.63) is 42.4 Å². The van der Waals surface area contributed by atoms with E-state index in [1.807, 2.05) is 29.1 Å². The minimum Gasteiger partial charge on any atom is -0.309 e. The topological polar surface area (TPSA) is 59.8 Å². The highest BCUT2D eigenvalue weighted by Crippen LogP contribution is 2.64. The Hall–Kier alpha value is -1.69. The molecule has 2 aromatic rings. The number of nitrogens with zero attached hydrogens (tertiary/aromatic N) is 3. The minimum atomic E-state index is -0.206. The Morgan fingerprint density at radius 3 is 2.62 bits per heavy atom. The van der Waals surface area contributed by atoms with E-state index in [1.54, 1.807) is 12.4 Å². The van der Waals surface area contributed by atoms with Gasteiger partial charge in [-0.3, -0.25) is 14.5 Å². The van der Waals surface area contributed by atoms with E-state index in [-0.39, 0.29) is 15.6 Å². The Balaban J connectivity index is 1.30. The summed E-state index contributed by atoms with van der Waals surface area (Å²) in [6.07, 6.45) is 12.3. The lowest BCUT2D eigenvalue weighted by Crippen LogP contribution is -2.57. The van der Waals surface area contributed by atoms with Crippen molar-refractivity contribution in [3.63, 3.8) is 0 Å². The van der Waals surface area contributed by atoms with Crippen LogP contribution in [0.15, 0.2) is 36.8 Å². The van der Waals surface area contributed by atoms with Crippen LogP contribution in [0.25, 0.3) is 0 Å². The monoisotopic (exact) mass is 414 g/mol. The van der Waals surface area contributed by atoms with Crippen LogP contribution in [0.1, 0.15) is 44.1 Å². The maximum Gasteiger partial charge on any atom is 0.231 e. The summed E-state index contributed by atoms with van der Waals surface area (Å²) in [7, 11) is 0. The maximum atomic E-state index is 13.2. The van der Waals surface area contributed by atoms with E-state index >= 15 is 0 Å². The van der Waals surface area contributed by atoms with E-state index in [4.69, 9.17) is 0 Å². The van der Waals surface area contributed by atoms with E-state index in [0.717, 1.165) is 24.8 Å². The summed E-state index contributed by atoms with van der Waals surface area (Å²) in [5, 5.41) is 7.66. The van der Waals surface area contributed by atoms with Crippen molar-refractivity contribution in [1.29, 1.82) is 0 Å². The number of rotatable bonds is 4. The van der Waals surface area contributed by atoms with E-state index in [0.29, 0.717) is 24.2 Å². The van der Waals surface area contributed by atoms with Gasteiger partial charge in [0.2, 0.25) is 5.91 Å². The first-order valence-electron chi connectivity index (χ1n) is 9.45. The largest absolute Gasteiger partial charge is 0.309 e. The number of hydrogen-bond acceptors (Lipinski definition) is 3. The van der Waals surface area contributed by atoms with Crippen molar-refractivity contribution in [2.45, 2.75) is 49.4 Å². The molecule has 0 saturated heterocycles. The zero-order valence-corrected chi connectivity index (χ0v) is 16.3. The normalized spacial score (nSPS) is 34.8. The molecule has 4 saturated carbocycles. The number of carbonyl (C=O) groups is 1. The molecule has 136 valence electrons. The number of amides is 1. The van der Waals surface area contributed by atoms with E-state index in [1.165, 1.54) is 19.3 Å². The molecule has 1 amide bonds. The van der Waals surface area contributed by atoms with Gasteiger partial charge in [-0.15, -0.1) is 0 Å². The van der Waals surface area contributed by atoms with Gasteiger partial charge < -0.3 is 5.32 Å². The number of nitrogens with one attached hydrogen (secondary N) is 1. The summed E-state index contributed by atoms with van der Waals surface area (Å²) in [5.74, 6) is 2.23. The predicted octanol–water partition coefficient (Wildman–Crippen LogP) is 4.00. The van der Waals surface area contributed by atoms with Crippen LogP contribution in [0.4, 0.5) is 5.82 Å². The third-order valence-electron chi connectivity index (χ3n) is 6.45. The highest BCUT2D eigenvalue weighted by molar-refractivity contribution is 9.10. The summed E-state index contributed by atoms with van der Waals surface area (Å²) in [4.78, 5) is 17.2. The third-order valence-corrected chi connectivity index (χ3v) is 7.38. The SMILES string of the molecule is O=C(Nc1ccn(Cc2ccncc2)n1)C12CC3CC(CC(Br)(C3)C1)C2. The van der Waals surface area contributed by atoms with Crippen molar-refractivity contribution in [2.75, 3.05) is 5.32 Å². The molecule has 2 atom stereocenters. The second kappa shape index (κ2) is 5.91. The van der Waals surface area contributed by atoms with Crippen LogP contribution < -0.4 is 5.32 Å². The summed E-state index contributed by atoms with van der Waals surface area (Å²) < 4.78 is 2.05. The number of carbonyl (C=O) groups excluding carboxylic acids is 1. The average Bonchev–Trinajstić information content (AvgIpc) is 3.00. The minimum absolute atomic E-state index is 0.171. The highest BCUT2D eigenvalue weighted by atomic mass is 79.9. The molecule has 26 heavy (non-hydrogen) atoms. The summed E-state index contributed by atoms with van der Waals surface area (Å²) in [5.41, 5.74) is 0.936. The second-order valence-corrected chi connectivity index (χ2v) is 10.3. The molecule has 4 aliphatic carbocycles. The molecule has 0 aromatic carbocycles. The predicted molar refractivity (Wildman–Crippen MR) is 103 cm³/mol. The molecule has 2 aromatic heterocycles. The number of alkyl halides is 1. The highest BCUT2D eigenvalue weighted by Gasteiger charge is 2.59. The first-order valence-corrected chi connectivity index (χ1v) is 10.2. The van der Waals surface area contributed by atoms with Crippen molar-refractivity contribution in [2.24, 2.45) is 17.3 Å². The molecule has 5 nitrogen and oxygen atoms in total. The number of pyridine rings is 1. The molecular weight excluding hydrogens is 392 g/mol. The lowest BCUT2D eigenvalue weighted by atomic mass is 9.49. The fourth-order valence-electron chi connectivity index (χ4n) is 5.86. The van der Waals surface area contributed by atoms with Gasteiger partial charge in [0.25, 0.3) is 0 Å². The molecule has 0 aliphatic heterocycles. The van der Waals surface area contributed by atoms with Crippen LogP contribution in [-0.4, -0.2) is 25.0 Å². The van der Waals surface area contributed by atoms with Gasteiger partial charge in [0.1, 0.15) is 0 Å². The first kappa shape index (κ1) is 16.5. The van der Waals surface area contributed by atoms with Crippen molar-refractivity contribution < 1.29 is 4.79 Å². The molecule has 4 bridgehead atoms. The Morgan fingerprint density at radius 2 is 1.92 bits per heavy atom. The molecular formula is C20H23BrN4O. The summed E-state index contributed by atoms with van der Waals surface area (Å²) >= 11 is 3.98. The van der Waals surface area contributed by atoms with Gasteiger partial charge in [-0.2, -0.15) is 5.10 Å². The molecule has 6 rings (SSSR count). The van der Waals surface area contributed by atoms with E-state index in [9.17, 15) is 4.79 Å². The standard InChI is InChI=1S/C20H23BrN4O/c21-20-10-15-7-16(11-20)9-19(8-15,13-20)18(26)23-17-3-6-25(24-17)12-14-1-4-22-5-2-14/h1-6,15-16H,7-13H2,(H,23,24,26). The van der Waals surface area contributed by atoms with Crippen molar-refractivity contribution in [1.82, 2.24) is 14.8 Å². The number of hydrogen-bond donors (Lipinski definition) is 1. The Bertz CT molecular complexity index is 819. The van der Waals surface area contributed by atoms with Crippen LogP contribution in [0.3, 0.4) is 0 Å². The van der Waals surface area contributed by atoms with Gasteiger partial charge in [0, 0.05) is 29.0 Å². The van der Waals surface area contributed by atoms with Gasteiger partial charge in [-0.25, -0.2) is 0 Å². The van der Waals surface area contributed by atoms with Gasteiger partial charge in [0.05, 0.1) is 12.0 Å². The second-order valence-electron chi connectivity index (χ2n) is 8.60. The lowest BCUT2D eigenvalue weighted by Gasteiger charge is -2.59. The smallest absolute Gasteiger partial charge is 0.231 e. The average molecular weight is 415 g/mol. The van der Waals surface area contributed by atoms with E-state index in [2.05, 4.69) is 31.3 Å². The molecule has 0 spiro atoms. The molecule has 2 heterocycles. The molecule has 2 unspecified atom stereocenters. The first-order chi connectivity index (χ1) is 12.5. The number of anilines is 1. The zero-order chi connectivity index (χ0) is 17.8. The quantitative estimate of drug-likeness (QED) is 0.768. The molecule has 0 radical (unpaired) electrons. The number of halogens is 1. The Morgan fingerprint density at radius 1 is 1.19 bits per heavy atom. The van der Waals surface area contributed by atoms with Crippen LogP contribution in [0, 0.1) is 17.3 Å². The van der Waals surface area contributed by atoms with E-state index < -0.39 is 0 Å². The van der Waals surface area contributed by atoms with Crippen molar-refractivity contribution >= 4 is 27.7 Å². The Kier molecular flexibility index (Phi) is 3.75. The van der Waals surface area contributed by atoms with Crippen molar-refractivity contribution in [3.8, 4) is 0 Å². The summed E-state index contributed by atoms with van der Waals surface area (Å²) in [6.45, 7) is 0.679. The van der Waals surface area contributed by atoms with Crippen LogP contribution in [0.2, 0.25) is 0 Å². The Labute approximate surface area is 161 Å². The molecule has 6 heteroatoms. The summed E-state index contributed by atoms with van der Waals surface area (Å²) in [6, 6.07) is 5.85. The zero-order valence-electron chi connectivity index (χ0n) is 14.7. The molecule has 4 aliphatic rings. The van der Waals surface area contributed by atoms with Crippen LogP contribution in [0.5, 0.6) is 0 Å². The number of aromatic nitrogens is 3. The molecule has 4 fully saturated rings. The molecule has 1 N–H and O–H groups in total.